The topological polar surface area (TPSA) is 36.0 Å². The van der Waals surface area contributed by atoms with Crippen molar-refractivity contribution < 1.29 is 9.53 Å². The van der Waals surface area contributed by atoms with Gasteiger partial charge in [-0.2, -0.15) is 0 Å². The maximum Gasteiger partial charge on any atom is 0.254 e. The SMILES string of the molecule is CN(CC[C@H]1CCCCO1)C1CCN(c2ccc(C(=O)N3CCc4ccccc4C3)cc2)CC1. The molecule has 5 rings (SSSR count). The third-order valence-electron chi connectivity index (χ3n) is 8.06. The fourth-order valence-corrected chi connectivity index (χ4v) is 5.80. The Hall–Kier alpha value is -2.37. The number of hydrogen-bond donors (Lipinski definition) is 0. The molecule has 0 aromatic heterocycles. The van der Waals surface area contributed by atoms with E-state index in [1.807, 2.05) is 17.0 Å². The van der Waals surface area contributed by atoms with E-state index >= 15 is 0 Å². The number of amides is 1. The molecule has 0 saturated carbocycles. The number of carbonyl (C=O) groups is 1. The summed E-state index contributed by atoms with van der Waals surface area (Å²) in [6.07, 6.45) is 8.74. The molecule has 0 bridgehead atoms. The fourth-order valence-electron chi connectivity index (χ4n) is 5.80. The highest BCUT2D eigenvalue weighted by Gasteiger charge is 2.25. The molecule has 1 atom stereocenters. The Bertz CT molecular complexity index is 946. The summed E-state index contributed by atoms with van der Waals surface area (Å²) in [7, 11) is 2.28. The van der Waals surface area contributed by atoms with E-state index in [0.717, 1.165) is 51.2 Å². The molecule has 3 aliphatic heterocycles. The van der Waals surface area contributed by atoms with Gasteiger partial charge in [-0.15, -0.1) is 0 Å². The van der Waals surface area contributed by atoms with E-state index in [9.17, 15) is 4.79 Å². The second-order valence-electron chi connectivity index (χ2n) is 10.3. The molecule has 0 N–H and O–H groups in total. The number of nitrogens with zero attached hydrogens (tertiary/aromatic N) is 3. The third-order valence-corrected chi connectivity index (χ3v) is 8.06. The lowest BCUT2D eigenvalue weighted by Crippen LogP contribution is -2.44. The van der Waals surface area contributed by atoms with Crippen LogP contribution in [0.1, 0.15) is 60.0 Å². The van der Waals surface area contributed by atoms with Gasteiger partial charge in [-0.05, 0) is 87.4 Å². The van der Waals surface area contributed by atoms with E-state index in [1.165, 1.54) is 48.9 Å². The van der Waals surface area contributed by atoms with Crippen molar-refractivity contribution in [3.05, 3.63) is 65.2 Å². The van der Waals surface area contributed by atoms with Crippen LogP contribution in [-0.4, -0.2) is 67.7 Å². The van der Waals surface area contributed by atoms with Crippen molar-refractivity contribution >= 4 is 11.6 Å². The molecular weight excluding hydrogens is 422 g/mol. The van der Waals surface area contributed by atoms with Gasteiger partial charge in [-0.3, -0.25) is 4.79 Å². The lowest BCUT2D eigenvalue weighted by Gasteiger charge is -2.38. The molecule has 2 fully saturated rings. The van der Waals surface area contributed by atoms with Crippen molar-refractivity contribution in [2.45, 2.75) is 63.6 Å². The number of fused-ring (bicyclic) bond motifs is 1. The molecule has 5 heteroatoms. The van der Waals surface area contributed by atoms with Crippen LogP contribution in [0.4, 0.5) is 5.69 Å². The zero-order valence-electron chi connectivity index (χ0n) is 20.6. The maximum absolute atomic E-state index is 13.1. The van der Waals surface area contributed by atoms with Crippen LogP contribution in [0.2, 0.25) is 0 Å². The van der Waals surface area contributed by atoms with Crippen molar-refractivity contribution in [3.63, 3.8) is 0 Å². The Morgan fingerprint density at radius 3 is 2.47 bits per heavy atom. The van der Waals surface area contributed by atoms with E-state index in [2.05, 4.69) is 53.2 Å². The van der Waals surface area contributed by atoms with Gasteiger partial charge in [-0.25, -0.2) is 0 Å². The van der Waals surface area contributed by atoms with Crippen LogP contribution in [0.5, 0.6) is 0 Å². The van der Waals surface area contributed by atoms with Crippen LogP contribution in [0, 0.1) is 0 Å². The van der Waals surface area contributed by atoms with Gasteiger partial charge < -0.3 is 19.4 Å². The van der Waals surface area contributed by atoms with E-state index in [0.29, 0.717) is 18.7 Å². The van der Waals surface area contributed by atoms with Crippen LogP contribution in [0.15, 0.2) is 48.5 Å². The van der Waals surface area contributed by atoms with E-state index in [1.54, 1.807) is 0 Å². The minimum atomic E-state index is 0.142. The van der Waals surface area contributed by atoms with Gasteiger partial charge in [0.05, 0.1) is 6.10 Å². The molecule has 2 aromatic rings. The Kier molecular flexibility index (Phi) is 7.51. The Balaban J connectivity index is 1.10. The summed E-state index contributed by atoms with van der Waals surface area (Å²) < 4.78 is 5.91. The van der Waals surface area contributed by atoms with E-state index in [4.69, 9.17) is 4.74 Å². The predicted molar refractivity (Wildman–Crippen MR) is 137 cm³/mol. The first-order valence-corrected chi connectivity index (χ1v) is 13.2. The number of ether oxygens (including phenoxy) is 1. The third kappa shape index (κ3) is 5.47. The molecular formula is C29H39N3O2. The lowest BCUT2D eigenvalue weighted by atomic mass is 9.99. The average Bonchev–Trinajstić information content (AvgIpc) is 2.92. The molecule has 0 unspecified atom stereocenters. The number of anilines is 1. The number of rotatable bonds is 6. The minimum Gasteiger partial charge on any atom is -0.378 e. The molecule has 2 saturated heterocycles. The lowest BCUT2D eigenvalue weighted by molar-refractivity contribution is 0.00415. The molecule has 182 valence electrons. The highest BCUT2D eigenvalue weighted by molar-refractivity contribution is 5.94. The fraction of sp³-hybridized carbons (Fsp3) is 0.552. The van der Waals surface area contributed by atoms with Crippen LogP contribution >= 0.6 is 0 Å². The smallest absolute Gasteiger partial charge is 0.254 e. The minimum absolute atomic E-state index is 0.142. The molecule has 34 heavy (non-hydrogen) atoms. The predicted octanol–water partition coefficient (Wildman–Crippen LogP) is 4.74. The number of benzene rings is 2. The van der Waals surface area contributed by atoms with Crippen molar-refractivity contribution in [2.75, 3.05) is 44.7 Å². The van der Waals surface area contributed by atoms with E-state index < -0.39 is 0 Å². The van der Waals surface area contributed by atoms with Gasteiger partial charge in [0.2, 0.25) is 0 Å². The standard InChI is InChI=1S/C29H39N3O2/c1-30(17-16-28-8-4-5-21-34-28)26-14-19-31(20-15-26)27-11-9-24(10-12-27)29(33)32-18-13-23-6-2-3-7-25(23)22-32/h2-3,6-7,9-12,26,28H,4-5,8,13-22H2,1H3/t28-/m1/s1. The highest BCUT2D eigenvalue weighted by Crippen LogP contribution is 2.25. The summed E-state index contributed by atoms with van der Waals surface area (Å²) in [5, 5.41) is 0. The normalized spacial score (nSPS) is 21.5. The quantitative estimate of drug-likeness (QED) is 0.622. The Morgan fingerprint density at radius 1 is 0.971 bits per heavy atom. The summed E-state index contributed by atoms with van der Waals surface area (Å²) >= 11 is 0. The van der Waals surface area contributed by atoms with Crippen molar-refractivity contribution in [1.29, 1.82) is 0 Å². The number of piperidine rings is 1. The Labute approximate surface area is 204 Å². The van der Waals surface area contributed by atoms with Gasteiger partial charge in [0.1, 0.15) is 0 Å². The summed E-state index contributed by atoms with van der Waals surface area (Å²) in [6.45, 7) is 5.74. The summed E-state index contributed by atoms with van der Waals surface area (Å²) in [4.78, 5) is 20.1. The maximum atomic E-state index is 13.1. The molecule has 0 radical (unpaired) electrons. The Morgan fingerprint density at radius 2 is 1.74 bits per heavy atom. The van der Waals surface area contributed by atoms with Crippen LogP contribution in [0.25, 0.3) is 0 Å². The monoisotopic (exact) mass is 461 g/mol. The molecule has 0 spiro atoms. The largest absolute Gasteiger partial charge is 0.378 e. The summed E-state index contributed by atoms with van der Waals surface area (Å²) in [6, 6.07) is 17.4. The average molecular weight is 462 g/mol. The first kappa shape index (κ1) is 23.4. The number of carbonyl (C=O) groups excluding carboxylic acids is 1. The number of hydrogen-bond acceptors (Lipinski definition) is 4. The zero-order chi connectivity index (χ0) is 23.3. The van der Waals surface area contributed by atoms with Gasteiger partial charge >= 0.3 is 0 Å². The van der Waals surface area contributed by atoms with Gasteiger partial charge in [0, 0.05) is 56.6 Å². The second kappa shape index (κ2) is 10.9. The summed E-state index contributed by atoms with van der Waals surface area (Å²) in [5.41, 5.74) is 4.68. The van der Waals surface area contributed by atoms with Gasteiger partial charge in [0.25, 0.3) is 5.91 Å². The molecule has 0 aliphatic carbocycles. The van der Waals surface area contributed by atoms with Gasteiger partial charge in [-0.1, -0.05) is 24.3 Å². The first-order valence-electron chi connectivity index (χ1n) is 13.2. The van der Waals surface area contributed by atoms with Crippen LogP contribution < -0.4 is 4.90 Å². The molecule has 2 aromatic carbocycles. The van der Waals surface area contributed by atoms with Crippen LogP contribution in [0.3, 0.4) is 0 Å². The van der Waals surface area contributed by atoms with Crippen molar-refractivity contribution in [3.8, 4) is 0 Å². The second-order valence-corrected chi connectivity index (χ2v) is 10.3. The molecule has 5 nitrogen and oxygen atoms in total. The van der Waals surface area contributed by atoms with Crippen molar-refractivity contribution in [1.82, 2.24) is 9.80 Å². The van der Waals surface area contributed by atoms with Gasteiger partial charge in [0.15, 0.2) is 0 Å². The van der Waals surface area contributed by atoms with Crippen LogP contribution in [-0.2, 0) is 17.7 Å². The van der Waals surface area contributed by atoms with Crippen molar-refractivity contribution in [2.24, 2.45) is 0 Å². The molecule has 3 heterocycles. The molecule has 1 amide bonds. The zero-order valence-corrected chi connectivity index (χ0v) is 20.6. The summed E-state index contributed by atoms with van der Waals surface area (Å²) in [5.74, 6) is 0.142. The van der Waals surface area contributed by atoms with E-state index in [-0.39, 0.29) is 5.91 Å². The molecule has 3 aliphatic rings. The first-order chi connectivity index (χ1) is 16.7. The highest BCUT2D eigenvalue weighted by atomic mass is 16.5.